The van der Waals surface area contributed by atoms with Crippen LogP contribution in [0, 0.1) is 6.92 Å². The molecule has 0 unspecified atom stereocenters. The maximum Gasteiger partial charge on any atom is 0.244 e. The van der Waals surface area contributed by atoms with Gasteiger partial charge in [-0.3, -0.25) is 4.79 Å². The number of amides is 1. The Morgan fingerprint density at radius 3 is 2.55 bits per heavy atom. The maximum atomic E-state index is 13.2. The summed E-state index contributed by atoms with van der Waals surface area (Å²) in [5.41, 5.74) is 3.04. The number of sulfone groups is 1. The van der Waals surface area contributed by atoms with E-state index in [-0.39, 0.29) is 23.1 Å². The van der Waals surface area contributed by atoms with Crippen molar-refractivity contribution in [1.82, 2.24) is 4.57 Å². The summed E-state index contributed by atoms with van der Waals surface area (Å²) in [6.07, 6.45) is 1.54. The topological polar surface area (TPSA) is 68.2 Å². The van der Waals surface area contributed by atoms with Gasteiger partial charge >= 0.3 is 0 Å². The quantitative estimate of drug-likeness (QED) is 0.436. The highest BCUT2D eigenvalue weighted by molar-refractivity contribution is 7.90. The standard InChI is InChI=1S/C24H21ClN2O3S/c1-17-6-4-9-20(12-17)26-24(28)15-27-14-23(21-10-2-3-11-22(21)27)31(29,30)16-18-7-5-8-19(25)13-18/h2-14H,15-16H2,1H3,(H,26,28). The smallest absolute Gasteiger partial charge is 0.244 e. The summed E-state index contributed by atoms with van der Waals surface area (Å²) in [5, 5.41) is 3.95. The molecular formula is C24H21ClN2O3S. The Balaban J connectivity index is 1.65. The Hall–Kier alpha value is -3.09. The molecule has 1 N–H and O–H groups in total. The van der Waals surface area contributed by atoms with E-state index in [1.54, 1.807) is 47.2 Å². The van der Waals surface area contributed by atoms with E-state index in [9.17, 15) is 13.2 Å². The maximum absolute atomic E-state index is 13.2. The summed E-state index contributed by atoms with van der Waals surface area (Å²) in [6, 6.07) is 21.5. The third-order valence-electron chi connectivity index (χ3n) is 4.95. The van der Waals surface area contributed by atoms with Gasteiger partial charge in [0.1, 0.15) is 6.54 Å². The van der Waals surface area contributed by atoms with E-state index >= 15 is 0 Å². The predicted molar refractivity (Wildman–Crippen MR) is 124 cm³/mol. The Morgan fingerprint density at radius 2 is 1.77 bits per heavy atom. The molecule has 3 aromatic carbocycles. The fourth-order valence-electron chi connectivity index (χ4n) is 3.59. The number of nitrogens with one attached hydrogen (secondary N) is 1. The van der Waals surface area contributed by atoms with E-state index in [0.29, 0.717) is 27.2 Å². The predicted octanol–water partition coefficient (Wildman–Crippen LogP) is 5.22. The van der Waals surface area contributed by atoms with Crippen molar-refractivity contribution in [3.05, 3.63) is 95.1 Å². The Morgan fingerprint density at radius 1 is 1.00 bits per heavy atom. The average molecular weight is 453 g/mol. The number of carbonyl (C=O) groups excluding carboxylic acids is 1. The zero-order chi connectivity index (χ0) is 22.0. The summed E-state index contributed by atoms with van der Waals surface area (Å²) in [7, 11) is -3.65. The molecule has 4 rings (SSSR count). The van der Waals surface area contributed by atoms with Crippen LogP contribution < -0.4 is 5.32 Å². The lowest BCUT2D eigenvalue weighted by atomic mass is 10.2. The first-order chi connectivity index (χ1) is 14.8. The van der Waals surface area contributed by atoms with Crippen LogP contribution in [0.15, 0.2) is 83.9 Å². The molecule has 0 bridgehead atoms. The SMILES string of the molecule is Cc1cccc(NC(=O)Cn2cc(S(=O)(=O)Cc3cccc(Cl)c3)c3ccccc32)c1. The van der Waals surface area contributed by atoms with Crippen molar-refractivity contribution < 1.29 is 13.2 Å². The number of fused-ring (bicyclic) bond motifs is 1. The van der Waals surface area contributed by atoms with E-state index < -0.39 is 9.84 Å². The lowest BCUT2D eigenvalue weighted by Crippen LogP contribution is -2.18. The fourth-order valence-corrected chi connectivity index (χ4v) is 5.38. The highest BCUT2D eigenvalue weighted by Crippen LogP contribution is 2.28. The number of aromatic nitrogens is 1. The van der Waals surface area contributed by atoms with Gasteiger partial charge in [0.25, 0.3) is 0 Å². The van der Waals surface area contributed by atoms with Gasteiger partial charge in [0.05, 0.1) is 10.6 Å². The molecule has 0 spiro atoms. The molecule has 0 radical (unpaired) electrons. The minimum absolute atomic E-state index is 0.00113. The molecule has 5 nitrogen and oxygen atoms in total. The summed E-state index contributed by atoms with van der Waals surface area (Å²) in [4.78, 5) is 12.8. The third kappa shape index (κ3) is 4.81. The zero-order valence-corrected chi connectivity index (χ0v) is 18.5. The van der Waals surface area contributed by atoms with Gasteiger partial charge in [-0.1, -0.05) is 54.1 Å². The molecule has 0 fully saturated rings. The first-order valence-electron chi connectivity index (χ1n) is 9.73. The van der Waals surface area contributed by atoms with Crippen LogP contribution in [0.1, 0.15) is 11.1 Å². The van der Waals surface area contributed by atoms with Gasteiger partial charge in [0, 0.05) is 27.8 Å². The second-order valence-corrected chi connectivity index (χ2v) is 9.84. The van der Waals surface area contributed by atoms with Crippen molar-refractivity contribution in [2.24, 2.45) is 0 Å². The number of halogens is 1. The molecule has 1 heterocycles. The summed E-state index contributed by atoms with van der Waals surface area (Å²) in [6.45, 7) is 1.95. The molecular weight excluding hydrogens is 432 g/mol. The van der Waals surface area contributed by atoms with Gasteiger partial charge in [-0.2, -0.15) is 0 Å². The zero-order valence-electron chi connectivity index (χ0n) is 16.9. The second-order valence-electron chi connectivity index (χ2n) is 7.45. The van der Waals surface area contributed by atoms with E-state index in [1.807, 2.05) is 43.3 Å². The van der Waals surface area contributed by atoms with Crippen molar-refractivity contribution in [2.45, 2.75) is 24.1 Å². The second kappa shape index (κ2) is 8.57. The minimum atomic E-state index is -3.65. The molecule has 0 atom stereocenters. The van der Waals surface area contributed by atoms with Gasteiger partial charge in [-0.15, -0.1) is 0 Å². The lowest BCUT2D eigenvalue weighted by Gasteiger charge is -2.08. The van der Waals surface area contributed by atoms with Gasteiger partial charge in [0.15, 0.2) is 9.84 Å². The van der Waals surface area contributed by atoms with Crippen molar-refractivity contribution in [3.63, 3.8) is 0 Å². The minimum Gasteiger partial charge on any atom is -0.337 e. The highest BCUT2D eigenvalue weighted by atomic mass is 35.5. The average Bonchev–Trinajstić information content (AvgIpc) is 3.07. The van der Waals surface area contributed by atoms with E-state index in [2.05, 4.69) is 5.32 Å². The molecule has 0 saturated carbocycles. The number of carbonyl (C=O) groups is 1. The lowest BCUT2D eigenvalue weighted by molar-refractivity contribution is -0.116. The van der Waals surface area contributed by atoms with Gasteiger partial charge < -0.3 is 9.88 Å². The molecule has 0 aliphatic carbocycles. The molecule has 7 heteroatoms. The number of rotatable bonds is 6. The van der Waals surface area contributed by atoms with Crippen molar-refractivity contribution >= 4 is 43.9 Å². The molecule has 31 heavy (non-hydrogen) atoms. The summed E-state index contributed by atoms with van der Waals surface area (Å²) >= 11 is 6.01. The summed E-state index contributed by atoms with van der Waals surface area (Å²) in [5.74, 6) is -0.401. The Kier molecular flexibility index (Phi) is 5.85. The largest absolute Gasteiger partial charge is 0.337 e. The van der Waals surface area contributed by atoms with E-state index in [0.717, 1.165) is 5.56 Å². The van der Waals surface area contributed by atoms with Crippen LogP contribution in [0.2, 0.25) is 5.02 Å². The fraction of sp³-hybridized carbons (Fsp3) is 0.125. The number of aryl methyl sites for hydroxylation is 1. The van der Waals surface area contributed by atoms with Crippen molar-refractivity contribution in [2.75, 3.05) is 5.32 Å². The number of para-hydroxylation sites is 1. The molecule has 0 aliphatic rings. The molecule has 1 amide bonds. The Labute approximate surface area is 186 Å². The van der Waals surface area contributed by atoms with Gasteiger partial charge in [0.2, 0.25) is 5.91 Å². The van der Waals surface area contributed by atoms with Gasteiger partial charge in [-0.25, -0.2) is 8.42 Å². The van der Waals surface area contributed by atoms with Crippen LogP contribution in [0.3, 0.4) is 0 Å². The normalized spacial score (nSPS) is 11.5. The van der Waals surface area contributed by atoms with Gasteiger partial charge in [-0.05, 0) is 48.4 Å². The highest BCUT2D eigenvalue weighted by Gasteiger charge is 2.22. The number of hydrogen-bond acceptors (Lipinski definition) is 3. The van der Waals surface area contributed by atoms with Crippen LogP contribution in [0.25, 0.3) is 10.9 Å². The Bertz CT molecular complexity index is 1380. The first-order valence-corrected chi connectivity index (χ1v) is 11.8. The van der Waals surface area contributed by atoms with Crippen LogP contribution >= 0.6 is 11.6 Å². The number of anilines is 1. The van der Waals surface area contributed by atoms with Crippen molar-refractivity contribution in [1.29, 1.82) is 0 Å². The van der Waals surface area contributed by atoms with Crippen molar-refractivity contribution in [3.8, 4) is 0 Å². The molecule has 1 aromatic heterocycles. The number of hydrogen-bond donors (Lipinski definition) is 1. The van der Waals surface area contributed by atoms with Crippen LogP contribution in [0.5, 0.6) is 0 Å². The monoisotopic (exact) mass is 452 g/mol. The first kappa shape index (κ1) is 21.2. The molecule has 158 valence electrons. The van der Waals surface area contributed by atoms with E-state index in [1.165, 1.54) is 0 Å². The number of nitrogens with zero attached hydrogens (tertiary/aromatic N) is 1. The van der Waals surface area contributed by atoms with Crippen LogP contribution in [-0.4, -0.2) is 18.9 Å². The van der Waals surface area contributed by atoms with E-state index in [4.69, 9.17) is 11.6 Å². The summed E-state index contributed by atoms with van der Waals surface area (Å²) < 4.78 is 28.1. The molecule has 0 saturated heterocycles. The molecule has 4 aromatic rings. The molecule has 0 aliphatic heterocycles. The number of benzene rings is 3. The van der Waals surface area contributed by atoms with Crippen LogP contribution in [-0.2, 0) is 26.9 Å². The van der Waals surface area contributed by atoms with Crippen LogP contribution in [0.4, 0.5) is 5.69 Å². The third-order valence-corrected chi connectivity index (χ3v) is 6.89.